The van der Waals surface area contributed by atoms with Gasteiger partial charge in [-0.25, -0.2) is 0 Å². The van der Waals surface area contributed by atoms with E-state index in [0.717, 1.165) is 57.1 Å². The number of carbonyl (C=O) groups is 1. The second-order valence-corrected chi connectivity index (χ2v) is 11.6. The molecule has 0 N–H and O–H groups in total. The number of rotatable bonds is 5. The van der Waals surface area contributed by atoms with E-state index < -0.39 is 0 Å². The van der Waals surface area contributed by atoms with Crippen LogP contribution in [-0.4, -0.2) is 47.4 Å². The molecule has 3 aliphatic rings. The van der Waals surface area contributed by atoms with Crippen LogP contribution in [-0.2, 0) is 24.1 Å². The van der Waals surface area contributed by atoms with Crippen LogP contribution in [0.15, 0.2) is 90.5 Å². The van der Waals surface area contributed by atoms with Crippen LogP contribution in [0.5, 0.6) is 0 Å². The molecule has 0 unspecified atom stereocenters. The maximum Gasteiger partial charge on any atom is 0.227 e. The predicted octanol–water partition coefficient (Wildman–Crippen LogP) is 6.33. The second-order valence-electron chi connectivity index (χ2n) is 11.6. The Morgan fingerprint density at radius 3 is 2.11 bits per heavy atom. The van der Waals surface area contributed by atoms with Gasteiger partial charge in [-0.1, -0.05) is 84.9 Å². The van der Waals surface area contributed by atoms with Crippen molar-refractivity contribution in [2.75, 3.05) is 20.6 Å². The highest BCUT2D eigenvalue weighted by atomic mass is 16.2. The molecule has 1 heterocycles. The molecule has 1 amide bonds. The van der Waals surface area contributed by atoms with Crippen LogP contribution in [0.1, 0.15) is 54.4 Å². The maximum absolute atomic E-state index is 14.0. The summed E-state index contributed by atoms with van der Waals surface area (Å²) in [5, 5.41) is 0. The Bertz CT molecular complexity index is 1300. The van der Waals surface area contributed by atoms with Gasteiger partial charge in [0.05, 0.1) is 12.0 Å². The minimum atomic E-state index is -0.172. The normalized spacial score (nSPS) is 24.9. The molecule has 0 atom stereocenters. The van der Waals surface area contributed by atoms with Crippen molar-refractivity contribution in [1.29, 1.82) is 0 Å². The maximum atomic E-state index is 14.0. The summed E-state index contributed by atoms with van der Waals surface area (Å²) in [5.74, 6) is 0.286. The standard InChI is InChI=1S/C34H38N2O/c1-35(2)33(25-27-13-7-4-8-14-27)18-20-34(21-19-33)31-24-28-15-9-10-16-29(28)30(31)17-22-36(34)32(37)23-26-11-5-3-6-12-26/h3-16H,17-25H2,1-2H3. The molecule has 0 aromatic heterocycles. The molecular formula is C34H38N2O. The summed E-state index contributed by atoms with van der Waals surface area (Å²) in [4.78, 5) is 18.8. The molecule has 1 aliphatic heterocycles. The van der Waals surface area contributed by atoms with Gasteiger partial charge in [-0.15, -0.1) is 0 Å². The third-order valence-corrected chi connectivity index (χ3v) is 9.57. The van der Waals surface area contributed by atoms with Crippen molar-refractivity contribution in [3.8, 4) is 0 Å². The van der Waals surface area contributed by atoms with E-state index in [1.165, 1.54) is 27.8 Å². The first-order valence-corrected chi connectivity index (χ1v) is 13.9. The molecule has 3 heteroatoms. The molecule has 3 aromatic rings. The van der Waals surface area contributed by atoms with E-state index in [2.05, 4.69) is 90.6 Å². The molecule has 1 fully saturated rings. The second kappa shape index (κ2) is 9.61. The van der Waals surface area contributed by atoms with Crippen LogP contribution in [0.25, 0.3) is 5.57 Å². The van der Waals surface area contributed by atoms with Gasteiger partial charge in [-0.3, -0.25) is 4.79 Å². The van der Waals surface area contributed by atoms with E-state index in [4.69, 9.17) is 0 Å². The van der Waals surface area contributed by atoms with E-state index in [-0.39, 0.29) is 17.0 Å². The van der Waals surface area contributed by atoms with Crippen molar-refractivity contribution in [1.82, 2.24) is 9.80 Å². The Morgan fingerprint density at radius 2 is 1.43 bits per heavy atom. The lowest BCUT2D eigenvalue weighted by atomic mass is 9.64. The molecule has 0 bridgehead atoms. The highest BCUT2D eigenvalue weighted by Gasteiger charge is 2.53. The number of benzene rings is 3. The number of likely N-dealkylation sites (N-methyl/N-ethyl adjacent to an activating group) is 1. The zero-order valence-corrected chi connectivity index (χ0v) is 22.2. The molecule has 3 nitrogen and oxygen atoms in total. The number of nitrogens with zero attached hydrogens (tertiary/aromatic N) is 2. The van der Waals surface area contributed by atoms with E-state index in [1.54, 1.807) is 0 Å². The molecule has 1 spiro atoms. The van der Waals surface area contributed by atoms with E-state index in [9.17, 15) is 4.79 Å². The van der Waals surface area contributed by atoms with E-state index >= 15 is 0 Å². The largest absolute Gasteiger partial charge is 0.333 e. The molecular weight excluding hydrogens is 452 g/mol. The van der Waals surface area contributed by atoms with Crippen LogP contribution in [0.3, 0.4) is 0 Å². The number of carbonyl (C=O) groups excluding carboxylic acids is 1. The van der Waals surface area contributed by atoms with Gasteiger partial charge in [-0.2, -0.15) is 0 Å². The van der Waals surface area contributed by atoms with Crippen LogP contribution < -0.4 is 0 Å². The van der Waals surface area contributed by atoms with Crippen molar-refractivity contribution in [3.63, 3.8) is 0 Å². The number of fused-ring (bicyclic) bond motifs is 3. The minimum Gasteiger partial charge on any atom is -0.333 e. The summed E-state index contributed by atoms with van der Waals surface area (Å²) in [6, 6.07) is 30.1. The Balaban J connectivity index is 1.35. The molecule has 2 aliphatic carbocycles. The van der Waals surface area contributed by atoms with Crippen molar-refractivity contribution in [3.05, 3.63) is 113 Å². The highest BCUT2D eigenvalue weighted by molar-refractivity contribution is 5.85. The monoisotopic (exact) mass is 490 g/mol. The quantitative estimate of drug-likeness (QED) is 0.417. The lowest BCUT2D eigenvalue weighted by Crippen LogP contribution is -2.62. The minimum absolute atomic E-state index is 0.115. The van der Waals surface area contributed by atoms with Crippen molar-refractivity contribution in [2.24, 2.45) is 0 Å². The summed E-state index contributed by atoms with van der Waals surface area (Å²) in [6.07, 6.45) is 7.76. The smallest absolute Gasteiger partial charge is 0.227 e. The summed E-state index contributed by atoms with van der Waals surface area (Å²) in [6.45, 7) is 0.826. The fourth-order valence-corrected chi connectivity index (χ4v) is 7.45. The zero-order valence-electron chi connectivity index (χ0n) is 22.2. The summed E-state index contributed by atoms with van der Waals surface area (Å²) < 4.78 is 0. The van der Waals surface area contributed by atoms with Crippen LogP contribution in [0.2, 0.25) is 0 Å². The fourth-order valence-electron chi connectivity index (χ4n) is 7.45. The van der Waals surface area contributed by atoms with Crippen LogP contribution >= 0.6 is 0 Å². The van der Waals surface area contributed by atoms with Gasteiger partial charge in [0.1, 0.15) is 0 Å². The lowest BCUT2D eigenvalue weighted by Gasteiger charge is -2.56. The first kappa shape index (κ1) is 24.2. The van der Waals surface area contributed by atoms with Gasteiger partial charge in [0, 0.05) is 12.1 Å². The average molecular weight is 491 g/mol. The van der Waals surface area contributed by atoms with Gasteiger partial charge in [-0.05, 0) is 92.4 Å². The van der Waals surface area contributed by atoms with Crippen LogP contribution in [0.4, 0.5) is 0 Å². The highest BCUT2D eigenvalue weighted by Crippen LogP contribution is 2.54. The SMILES string of the molecule is CN(C)C1(Cc2ccccc2)CCC2(CC1)C1=C(CCN2C(=O)Cc2ccccc2)c2ccccc2C1. The number of hydrogen-bond donors (Lipinski definition) is 0. The molecule has 0 saturated heterocycles. The van der Waals surface area contributed by atoms with E-state index in [1.807, 2.05) is 18.2 Å². The van der Waals surface area contributed by atoms with Gasteiger partial charge < -0.3 is 9.80 Å². The Hall–Kier alpha value is -3.17. The van der Waals surface area contributed by atoms with Crippen molar-refractivity contribution >= 4 is 11.5 Å². The van der Waals surface area contributed by atoms with Gasteiger partial charge in [0.2, 0.25) is 5.91 Å². The van der Waals surface area contributed by atoms with Crippen molar-refractivity contribution < 1.29 is 4.79 Å². The summed E-state index contributed by atoms with van der Waals surface area (Å²) >= 11 is 0. The molecule has 190 valence electrons. The Kier molecular flexibility index (Phi) is 6.28. The van der Waals surface area contributed by atoms with Gasteiger partial charge >= 0.3 is 0 Å². The predicted molar refractivity (Wildman–Crippen MR) is 151 cm³/mol. The lowest BCUT2D eigenvalue weighted by molar-refractivity contribution is -0.138. The fraction of sp³-hybridized carbons (Fsp3) is 0.382. The van der Waals surface area contributed by atoms with Crippen molar-refractivity contribution in [2.45, 2.75) is 62.4 Å². The summed E-state index contributed by atoms with van der Waals surface area (Å²) in [5.41, 5.74) is 8.39. The molecule has 37 heavy (non-hydrogen) atoms. The van der Waals surface area contributed by atoms with Gasteiger partial charge in [0.15, 0.2) is 0 Å². The first-order valence-electron chi connectivity index (χ1n) is 13.9. The zero-order chi connectivity index (χ0) is 25.5. The first-order chi connectivity index (χ1) is 18.0. The Morgan fingerprint density at radius 1 is 0.811 bits per heavy atom. The number of hydrogen-bond acceptors (Lipinski definition) is 2. The molecule has 6 rings (SSSR count). The van der Waals surface area contributed by atoms with Gasteiger partial charge in [0.25, 0.3) is 0 Å². The third kappa shape index (κ3) is 4.24. The molecule has 1 saturated carbocycles. The Labute approximate surface area is 221 Å². The molecule has 0 radical (unpaired) electrons. The average Bonchev–Trinajstić information content (AvgIpc) is 3.31. The molecule has 3 aromatic carbocycles. The summed E-state index contributed by atoms with van der Waals surface area (Å²) in [7, 11) is 4.49. The topological polar surface area (TPSA) is 23.6 Å². The number of amides is 1. The third-order valence-electron chi connectivity index (χ3n) is 9.57. The van der Waals surface area contributed by atoms with Crippen LogP contribution in [0, 0.1) is 0 Å². The van der Waals surface area contributed by atoms with E-state index in [0.29, 0.717) is 6.42 Å².